The third-order valence-electron chi connectivity index (χ3n) is 1.91. The van der Waals surface area contributed by atoms with Gasteiger partial charge in [-0.15, -0.1) is 0 Å². The van der Waals surface area contributed by atoms with E-state index in [-0.39, 0.29) is 5.91 Å². The molecule has 4 nitrogen and oxygen atoms in total. The average molecular weight is 183 g/mol. The van der Waals surface area contributed by atoms with Crippen molar-refractivity contribution in [2.24, 2.45) is 0 Å². The highest BCUT2D eigenvalue weighted by atomic mass is 16.5. The summed E-state index contributed by atoms with van der Waals surface area (Å²) in [5, 5.41) is 0. The molecule has 0 atom stereocenters. The largest absolute Gasteiger partial charge is 0.466 e. The van der Waals surface area contributed by atoms with Crippen LogP contribution in [-0.2, 0) is 14.3 Å². The van der Waals surface area contributed by atoms with Gasteiger partial charge in [0.25, 0.3) is 0 Å². The number of carbonyl (C=O) groups excluding carboxylic acids is 2. The molecule has 1 aliphatic rings. The maximum absolute atomic E-state index is 11.2. The minimum Gasteiger partial charge on any atom is -0.466 e. The predicted molar refractivity (Wildman–Crippen MR) is 47.0 cm³/mol. The highest BCUT2D eigenvalue weighted by molar-refractivity contribution is 6.02. The fourth-order valence-corrected chi connectivity index (χ4v) is 1.28. The van der Waals surface area contributed by atoms with Crippen molar-refractivity contribution in [2.45, 2.75) is 13.3 Å². The first-order valence-electron chi connectivity index (χ1n) is 4.26. The van der Waals surface area contributed by atoms with Crippen molar-refractivity contribution < 1.29 is 14.3 Å². The normalized spacial score (nSPS) is 16.0. The van der Waals surface area contributed by atoms with Crippen LogP contribution in [0.1, 0.15) is 13.3 Å². The maximum atomic E-state index is 11.2. The molecule has 0 fully saturated rings. The number of hydrogen-bond donors (Lipinski definition) is 0. The van der Waals surface area contributed by atoms with Crippen molar-refractivity contribution >= 4 is 11.9 Å². The molecule has 0 aromatic carbocycles. The van der Waals surface area contributed by atoms with E-state index in [1.807, 2.05) is 6.92 Å². The molecule has 1 rings (SSSR count). The SMILES string of the molecule is CCCN1CC(C(=O)OC)=CC1=O. The van der Waals surface area contributed by atoms with Crippen molar-refractivity contribution in [1.29, 1.82) is 0 Å². The smallest absolute Gasteiger partial charge is 0.335 e. The zero-order valence-corrected chi connectivity index (χ0v) is 7.87. The number of hydrogen-bond acceptors (Lipinski definition) is 3. The molecule has 0 unspecified atom stereocenters. The van der Waals surface area contributed by atoms with Gasteiger partial charge in [0.2, 0.25) is 5.91 Å². The van der Waals surface area contributed by atoms with Crippen LogP contribution in [0.2, 0.25) is 0 Å². The second-order valence-electron chi connectivity index (χ2n) is 2.92. The first kappa shape index (κ1) is 9.77. The second kappa shape index (κ2) is 4.07. The second-order valence-corrected chi connectivity index (χ2v) is 2.92. The number of ether oxygens (including phenoxy) is 1. The van der Waals surface area contributed by atoms with E-state index in [0.717, 1.165) is 6.42 Å². The van der Waals surface area contributed by atoms with Crippen LogP contribution in [0.4, 0.5) is 0 Å². The van der Waals surface area contributed by atoms with Crippen LogP contribution >= 0.6 is 0 Å². The third kappa shape index (κ3) is 2.08. The van der Waals surface area contributed by atoms with E-state index in [9.17, 15) is 9.59 Å². The lowest BCUT2D eigenvalue weighted by atomic mass is 10.3. The predicted octanol–water partition coefficient (Wildman–Crippen LogP) is 0.338. The van der Waals surface area contributed by atoms with E-state index in [4.69, 9.17) is 0 Å². The summed E-state index contributed by atoms with van der Waals surface area (Å²) in [5.74, 6) is -0.505. The summed E-state index contributed by atoms with van der Waals surface area (Å²) < 4.78 is 4.52. The Bertz CT molecular complexity index is 258. The minimum atomic E-state index is -0.410. The molecule has 0 saturated carbocycles. The van der Waals surface area contributed by atoms with Crippen molar-refractivity contribution in [1.82, 2.24) is 4.90 Å². The summed E-state index contributed by atoms with van der Waals surface area (Å²) in [6.07, 6.45) is 2.25. The Hall–Kier alpha value is -1.32. The Kier molecular flexibility index (Phi) is 3.06. The zero-order chi connectivity index (χ0) is 9.84. The molecule has 1 aliphatic heterocycles. The van der Waals surface area contributed by atoms with Gasteiger partial charge in [0.1, 0.15) is 0 Å². The highest BCUT2D eigenvalue weighted by Crippen LogP contribution is 2.11. The molecule has 0 aliphatic carbocycles. The van der Waals surface area contributed by atoms with E-state index < -0.39 is 5.97 Å². The van der Waals surface area contributed by atoms with Crippen LogP contribution in [0.25, 0.3) is 0 Å². The molecule has 0 radical (unpaired) electrons. The van der Waals surface area contributed by atoms with E-state index in [1.165, 1.54) is 13.2 Å². The molecule has 0 saturated heterocycles. The summed E-state index contributed by atoms with van der Waals surface area (Å²) in [6, 6.07) is 0. The fraction of sp³-hybridized carbons (Fsp3) is 0.556. The van der Waals surface area contributed by atoms with Crippen molar-refractivity contribution in [3.05, 3.63) is 11.6 Å². The molecule has 72 valence electrons. The van der Waals surface area contributed by atoms with Gasteiger partial charge < -0.3 is 9.64 Å². The molecule has 0 aromatic heterocycles. The molecule has 0 aromatic rings. The van der Waals surface area contributed by atoms with Crippen LogP contribution < -0.4 is 0 Å². The minimum absolute atomic E-state index is 0.0951. The van der Waals surface area contributed by atoms with Gasteiger partial charge in [-0.25, -0.2) is 4.79 Å². The van der Waals surface area contributed by atoms with Crippen LogP contribution in [0.3, 0.4) is 0 Å². The van der Waals surface area contributed by atoms with E-state index >= 15 is 0 Å². The van der Waals surface area contributed by atoms with Crippen molar-refractivity contribution in [2.75, 3.05) is 20.2 Å². The number of nitrogens with zero attached hydrogens (tertiary/aromatic N) is 1. The first-order valence-corrected chi connectivity index (χ1v) is 4.26. The Morgan fingerprint density at radius 1 is 1.69 bits per heavy atom. The summed E-state index contributed by atoms with van der Waals surface area (Å²) in [5.41, 5.74) is 0.445. The van der Waals surface area contributed by atoms with Crippen molar-refractivity contribution in [3.63, 3.8) is 0 Å². The van der Waals surface area contributed by atoms with Gasteiger partial charge in [-0.05, 0) is 6.42 Å². The van der Waals surface area contributed by atoms with Crippen LogP contribution in [-0.4, -0.2) is 37.0 Å². The lowest BCUT2D eigenvalue weighted by Crippen LogP contribution is -2.27. The number of rotatable bonds is 3. The van der Waals surface area contributed by atoms with Gasteiger partial charge in [0.05, 0.1) is 19.2 Å². The summed E-state index contributed by atoms with van der Waals surface area (Å²) in [7, 11) is 1.32. The summed E-state index contributed by atoms with van der Waals surface area (Å²) in [6.45, 7) is 3.07. The third-order valence-corrected chi connectivity index (χ3v) is 1.91. The molecule has 4 heteroatoms. The molecule has 0 bridgehead atoms. The highest BCUT2D eigenvalue weighted by Gasteiger charge is 2.25. The topological polar surface area (TPSA) is 46.6 Å². The summed E-state index contributed by atoms with van der Waals surface area (Å²) >= 11 is 0. The number of methoxy groups -OCH3 is 1. The van der Waals surface area contributed by atoms with Crippen molar-refractivity contribution in [3.8, 4) is 0 Å². The van der Waals surface area contributed by atoms with Gasteiger partial charge in [0, 0.05) is 12.6 Å². The Morgan fingerprint density at radius 2 is 2.38 bits per heavy atom. The molecule has 1 amide bonds. The first-order chi connectivity index (χ1) is 6.19. The Labute approximate surface area is 77.2 Å². The molecule has 1 heterocycles. The Balaban J connectivity index is 2.60. The quantitative estimate of drug-likeness (QED) is 0.593. The van der Waals surface area contributed by atoms with Gasteiger partial charge >= 0.3 is 5.97 Å². The van der Waals surface area contributed by atoms with Gasteiger partial charge in [-0.1, -0.05) is 6.92 Å². The van der Waals surface area contributed by atoms with Gasteiger partial charge in [0.15, 0.2) is 0 Å². The fourth-order valence-electron chi connectivity index (χ4n) is 1.28. The average Bonchev–Trinajstić information content (AvgIpc) is 2.47. The molecular weight excluding hydrogens is 170 g/mol. The van der Waals surface area contributed by atoms with E-state index in [2.05, 4.69) is 4.74 Å². The monoisotopic (exact) mass is 183 g/mol. The molecule has 13 heavy (non-hydrogen) atoms. The standard InChI is InChI=1S/C9H13NO3/c1-3-4-10-6-7(5-8(10)11)9(12)13-2/h5H,3-4,6H2,1-2H3. The Morgan fingerprint density at radius 3 is 2.92 bits per heavy atom. The van der Waals surface area contributed by atoms with Crippen LogP contribution in [0, 0.1) is 0 Å². The lowest BCUT2D eigenvalue weighted by molar-refractivity contribution is -0.136. The van der Waals surface area contributed by atoms with Gasteiger partial charge in [-0.3, -0.25) is 4.79 Å². The lowest BCUT2D eigenvalue weighted by Gasteiger charge is -2.14. The number of esters is 1. The van der Waals surface area contributed by atoms with Crippen LogP contribution in [0.5, 0.6) is 0 Å². The maximum Gasteiger partial charge on any atom is 0.335 e. The van der Waals surface area contributed by atoms with E-state index in [0.29, 0.717) is 18.7 Å². The molecule has 0 N–H and O–H groups in total. The zero-order valence-electron chi connectivity index (χ0n) is 7.87. The number of carbonyl (C=O) groups is 2. The van der Waals surface area contributed by atoms with E-state index in [1.54, 1.807) is 4.90 Å². The van der Waals surface area contributed by atoms with Crippen LogP contribution in [0.15, 0.2) is 11.6 Å². The molecule has 0 spiro atoms. The van der Waals surface area contributed by atoms with Gasteiger partial charge in [-0.2, -0.15) is 0 Å². The summed E-state index contributed by atoms with van der Waals surface area (Å²) in [4.78, 5) is 23.9. The molecular formula is C9H13NO3. The number of amides is 1.